The number of fused-ring (bicyclic) bond motifs is 1. The molecular formula is C26H26F3N3O5. The molecule has 1 amide bonds. The number of nitrogens with one attached hydrogen (secondary N) is 1. The Morgan fingerprint density at radius 2 is 1.76 bits per heavy atom. The number of carbonyl (C=O) groups excluding carboxylic acids is 2. The molecule has 0 spiro atoms. The fourth-order valence-corrected chi connectivity index (χ4v) is 4.00. The third-order valence-corrected chi connectivity index (χ3v) is 6.13. The number of pyridine rings is 1. The minimum absolute atomic E-state index is 0.0187. The first-order valence-corrected chi connectivity index (χ1v) is 11.4. The zero-order valence-electron chi connectivity index (χ0n) is 20.6. The molecule has 1 aromatic heterocycles. The first-order valence-electron chi connectivity index (χ1n) is 11.4. The summed E-state index contributed by atoms with van der Waals surface area (Å²) in [5, 5.41) is 0.570. The summed E-state index contributed by atoms with van der Waals surface area (Å²) in [5.74, 6) is -0.660. The fraction of sp³-hybridized carbons (Fsp3) is 0.346. The molecule has 3 N–H and O–H groups in total. The van der Waals surface area contributed by atoms with Crippen molar-refractivity contribution in [3.8, 4) is 11.3 Å². The van der Waals surface area contributed by atoms with Crippen LogP contribution in [0.1, 0.15) is 33.3 Å². The average molecular weight is 518 g/mol. The number of alkyl halides is 3. The Hall–Kier alpha value is -3.86. The number of nitrogens with two attached hydrogens (primary N) is 1. The van der Waals surface area contributed by atoms with Crippen LogP contribution in [0.3, 0.4) is 0 Å². The molecule has 3 aromatic rings. The highest BCUT2D eigenvalue weighted by atomic mass is 19.4. The normalized spacial score (nSPS) is 16.7. The van der Waals surface area contributed by atoms with Gasteiger partial charge in [-0.05, 0) is 57.3 Å². The van der Waals surface area contributed by atoms with Gasteiger partial charge >= 0.3 is 18.2 Å². The van der Waals surface area contributed by atoms with Crippen molar-refractivity contribution in [2.75, 3.05) is 11.4 Å². The number of rotatable bonds is 5. The number of aromatic amines is 1. The maximum Gasteiger partial charge on any atom is 0.417 e. The Balaban J connectivity index is 1.64. The third kappa shape index (κ3) is 5.17. The minimum Gasteiger partial charge on any atom is -0.454 e. The van der Waals surface area contributed by atoms with Gasteiger partial charge in [0.05, 0.1) is 12.1 Å². The molecule has 0 aliphatic carbocycles. The van der Waals surface area contributed by atoms with E-state index < -0.39 is 46.6 Å². The zero-order chi connectivity index (χ0) is 27.3. The predicted octanol–water partition coefficient (Wildman–Crippen LogP) is 4.60. The van der Waals surface area contributed by atoms with Crippen LogP contribution in [0.4, 0.5) is 23.7 Å². The average Bonchev–Trinajstić information content (AvgIpc) is 3.20. The van der Waals surface area contributed by atoms with Gasteiger partial charge in [0.15, 0.2) is 6.10 Å². The lowest BCUT2D eigenvalue weighted by Gasteiger charge is -2.32. The lowest BCUT2D eigenvalue weighted by molar-refractivity contribution is -0.170. The number of ether oxygens (including phenoxy) is 2. The summed E-state index contributed by atoms with van der Waals surface area (Å²) in [6, 6.07) is 11.0. The molecule has 0 saturated carbocycles. The monoisotopic (exact) mass is 517 g/mol. The molecule has 0 radical (unpaired) electrons. The number of nitrogens with zero attached hydrogens (tertiary/aromatic N) is 1. The quantitative estimate of drug-likeness (QED) is 0.478. The largest absolute Gasteiger partial charge is 0.454 e. The van der Waals surface area contributed by atoms with Gasteiger partial charge in [-0.25, -0.2) is 4.79 Å². The number of benzene rings is 2. The van der Waals surface area contributed by atoms with Gasteiger partial charge in [-0.2, -0.15) is 13.2 Å². The molecule has 11 heteroatoms. The molecular weight excluding hydrogens is 491 g/mol. The highest BCUT2D eigenvalue weighted by Crippen LogP contribution is 2.37. The van der Waals surface area contributed by atoms with Crippen molar-refractivity contribution in [3.63, 3.8) is 0 Å². The summed E-state index contributed by atoms with van der Waals surface area (Å²) < 4.78 is 51.4. The topological polar surface area (TPSA) is 115 Å². The van der Waals surface area contributed by atoms with E-state index in [0.29, 0.717) is 11.1 Å². The SMILES string of the molecule is CC(C)(N)C(=O)OC(C)(C)[C@@H]1CN(c2ccc3cc(-c4ccccc4C(F)(F)F)[nH]c(=O)c3c2)C(=O)O1. The number of hydrogen-bond donors (Lipinski definition) is 2. The Labute approximate surface area is 210 Å². The number of esters is 1. The molecule has 1 aliphatic rings. The summed E-state index contributed by atoms with van der Waals surface area (Å²) in [4.78, 5) is 41.6. The van der Waals surface area contributed by atoms with E-state index in [-0.39, 0.29) is 23.2 Å². The number of aromatic nitrogens is 1. The fourth-order valence-electron chi connectivity index (χ4n) is 4.00. The molecule has 1 aliphatic heterocycles. The highest BCUT2D eigenvalue weighted by Gasteiger charge is 2.46. The van der Waals surface area contributed by atoms with Crippen LogP contribution in [0.5, 0.6) is 0 Å². The van der Waals surface area contributed by atoms with Crippen LogP contribution in [-0.2, 0) is 20.4 Å². The Kier molecular flexibility index (Phi) is 6.31. The summed E-state index contributed by atoms with van der Waals surface area (Å²) in [6.45, 7) is 6.23. The second-order valence-corrected chi connectivity index (χ2v) is 10.0. The predicted molar refractivity (Wildman–Crippen MR) is 131 cm³/mol. The maximum absolute atomic E-state index is 13.5. The molecule has 1 atom stereocenters. The Bertz CT molecular complexity index is 1440. The highest BCUT2D eigenvalue weighted by molar-refractivity contribution is 5.95. The smallest absolute Gasteiger partial charge is 0.417 e. The molecule has 196 valence electrons. The second-order valence-electron chi connectivity index (χ2n) is 10.0. The van der Waals surface area contributed by atoms with E-state index in [1.807, 2.05) is 0 Å². The molecule has 8 nitrogen and oxygen atoms in total. The van der Waals surface area contributed by atoms with Gasteiger partial charge in [0.2, 0.25) is 0 Å². The summed E-state index contributed by atoms with van der Waals surface area (Å²) in [6.07, 6.45) is -6.12. The van der Waals surface area contributed by atoms with Gasteiger partial charge in [-0.3, -0.25) is 14.5 Å². The van der Waals surface area contributed by atoms with Gasteiger partial charge in [-0.1, -0.05) is 24.3 Å². The zero-order valence-corrected chi connectivity index (χ0v) is 20.6. The molecule has 2 aromatic carbocycles. The van der Waals surface area contributed by atoms with Crippen molar-refractivity contribution in [2.45, 2.75) is 51.1 Å². The summed E-state index contributed by atoms with van der Waals surface area (Å²) >= 11 is 0. The Morgan fingerprint density at radius 1 is 1.08 bits per heavy atom. The second kappa shape index (κ2) is 8.91. The van der Waals surface area contributed by atoms with Gasteiger partial charge in [0.25, 0.3) is 5.56 Å². The molecule has 2 heterocycles. The van der Waals surface area contributed by atoms with Crippen molar-refractivity contribution in [1.82, 2.24) is 4.98 Å². The molecule has 1 fully saturated rings. The summed E-state index contributed by atoms with van der Waals surface area (Å²) in [5.41, 5.74) is 2.10. The Morgan fingerprint density at radius 3 is 2.41 bits per heavy atom. The van der Waals surface area contributed by atoms with Gasteiger partial charge in [-0.15, -0.1) is 0 Å². The van der Waals surface area contributed by atoms with Crippen LogP contribution in [0.15, 0.2) is 53.3 Å². The molecule has 0 unspecified atom stereocenters. The van der Waals surface area contributed by atoms with Crippen LogP contribution in [0.25, 0.3) is 22.0 Å². The third-order valence-electron chi connectivity index (χ3n) is 6.13. The van der Waals surface area contributed by atoms with Gasteiger partial charge < -0.3 is 20.2 Å². The number of amides is 1. The molecule has 1 saturated heterocycles. The van der Waals surface area contributed by atoms with E-state index in [1.54, 1.807) is 26.0 Å². The van der Waals surface area contributed by atoms with Crippen LogP contribution < -0.4 is 16.2 Å². The number of halogens is 3. The van der Waals surface area contributed by atoms with Gasteiger partial charge in [0.1, 0.15) is 11.1 Å². The lowest BCUT2D eigenvalue weighted by atomic mass is 9.99. The van der Waals surface area contributed by atoms with Crippen LogP contribution in [0.2, 0.25) is 0 Å². The van der Waals surface area contributed by atoms with Crippen LogP contribution >= 0.6 is 0 Å². The maximum atomic E-state index is 13.5. The number of hydrogen-bond acceptors (Lipinski definition) is 6. The lowest BCUT2D eigenvalue weighted by Crippen LogP contribution is -2.50. The van der Waals surface area contributed by atoms with Crippen molar-refractivity contribution >= 4 is 28.5 Å². The van der Waals surface area contributed by atoms with E-state index in [0.717, 1.165) is 6.07 Å². The van der Waals surface area contributed by atoms with Crippen molar-refractivity contribution in [1.29, 1.82) is 0 Å². The standard InChI is InChI=1S/C26H26F3N3O5/c1-24(2,30)22(34)37-25(3,4)20-13-32(23(35)36-20)15-10-9-14-11-19(31-21(33)17(14)12-15)16-7-5-6-8-18(16)26(27,28)29/h5-12,20H,13,30H2,1-4H3,(H,31,33)/t20-/m0/s1. The van der Waals surface area contributed by atoms with E-state index in [9.17, 15) is 27.6 Å². The van der Waals surface area contributed by atoms with Crippen molar-refractivity contribution in [3.05, 3.63) is 64.4 Å². The van der Waals surface area contributed by atoms with Crippen molar-refractivity contribution < 1.29 is 32.2 Å². The molecule has 4 rings (SSSR count). The number of cyclic esters (lactones) is 1. The molecule has 37 heavy (non-hydrogen) atoms. The minimum atomic E-state index is -4.60. The van der Waals surface area contributed by atoms with E-state index in [1.165, 1.54) is 49.1 Å². The molecule has 0 bridgehead atoms. The first-order chi connectivity index (χ1) is 17.1. The number of anilines is 1. The summed E-state index contributed by atoms with van der Waals surface area (Å²) in [7, 11) is 0. The van der Waals surface area contributed by atoms with E-state index in [2.05, 4.69) is 4.98 Å². The van der Waals surface area contributed by atoms with Gasteiger partial charge in [0, 0.05) is 22.3 Å². The van der Waals surface area contributed by atoms with Crippen molar-refractivity contribution in [2.24, 2.45) is 5.73 Å². The van der Waals surface area contributed by atoms with E-state index in [4.69, 9.17) is 15.2 Å². The van der Waals surface area contributed by atoms with E-state index >= 15 is 0 Å². The van der Waals surface area contributed by atoms with Crippen LogP contribution in [0, 0.1) is 0 Å². The number of carbonyl (C=O) groups is 2. The first kappa shape index (κ1) is 26.2. The van der Waals surface area contributed by atoms with Crippen LogP contribution in [-0.4, -0.2) is 40.8 Å². The number of H-pyrrole nitrogens is 1.